The number of anilines is 1. The van der Waals surface area contributed by atoms with Gasteiger partial charge in [-0.1, -0.05) is 48.1 Å². The highest BCUT2D eigenvalue weighted by Gasteiger charge is 2.25. The van der Waals surface area contributed by atoms with Crippen LogP contribution in [0.1, 0.15) is 24.5 Å². The third kappa shape index (κ3) is 3.49. The largest absolute Gasteiger partial charge is 0.471 e. The molecule has 27 heavy (non-hydrogen) atoms. The summed E-state index contributed by atoms with van der Waals surface area (Å²) in [7, 11) is 0. The Labute approximate surface area is 171 Å². The fourth-order valence-electron chi connectivity index (χ4n) is 3.42. The molecule has 2 aromatic carbocycles. The second kappa shape index (κ2) is 7.27. The van der Waals surface area contributed by atoms with Gasteiger partial charge in [-0.3, -0.25) is 0 Å². The van der Waals surface area contributed by atoms with E-state index >= 15 is 0 Å². The third-order valence-electron chi connectivity index (χ3n) is 4.57. The van der Waals surface area contributed by atoms with E-state index in [0.717, 1.165) is 35.0 Å². The second-order valence-corrected chi connectivity index (χ2v) is 7.76. The molecule has 1 aliphatic heterocycles. The highest BCUT2D eigenvalue weighted by atomic mass is 35.5. The van der Waals surface area contributed by atoms with E-state index in [-0.39, 0.29) is 12.4 Å². The maximum Gasteiger partial charge on any atom is 0.336 e. The summed E-state index contributed by atoms with van der Waals surface area (Å²) < 4.78 is 11.5. The number of fused-ring (bicyclic) bond motifs is 3. The lowest BCUT2D eigenvalue weighted by atomic mass is 10.0. The maximum atomic E-state index is 12.1. The summed E-state index contributed by atoms with van der Waals surface area (Å²) in [4.78, 5) is 14.1. The third-order valence-corrected chi connectivity index (χ3v) is 5.28. The average molecular weight is 425 g/mol. The highest BCUT2D eigenvalue weighted by Crippen LogP contribution is 2.41. The van der Waals surface area contributed by atoms with E-state index in [1.807, 2.05) is 23.1 Å². The Morgan fingerprint density at radius 3 is 2.52 bits per heavy atom. The summed E-state index contributed by atoms with van der Waals surface area (Å²) in [5.41, 5.74) is 2.63. The molecule has 0 bridgehead atoms. The summed E-state index contributed by atoms with van der Waals surface area (Å²) in [5.74, 6) is 0.547. The topological polar surface area (TPSA) is 42.7 Å². The minimum atomic E-state index is -0.376. The number of aryl methyl sites for hydroxylation is 1. The Morgan fingerprint density at radius 1 is 1.07 bits per heavy atom. The van der Waals surface area contributed by atoms with E-state index in [1.165, 1.54) is 6.07 Å². The number of ether oxygens (including phenoxy) is 1. The van der Waals surface area contributed by atoms with Crippen molar-refractivity contribution in [3.05, 3.63) is 66.9 Å². The lowest BCUT2D eigenvalue weighted by molar-refractivity contribution is 0.289. The molecule has 3 aromatic rings. The zero-order valence-electron chi connectivity index (χ0n) is 14.5. The van der Waals surface area contributed by atoms with E-state index in [4.69, 9.17) is 44.0 Å². The van der Waals surface area contributed by atoms with Gasteiger partial charge in [0, 0.05) is 27.2 Å². The first-order chi connectivity index (χ1) is 13.0. The number of benzene rings is 2. The smallest absolute Gasteiger partial charge is 0.336 e. The standard InChI is InChI=1S/C20H16Cl3NO3/c1-2-3-11-4-18(25)27-19-15(11)8-17(23)20-16(19)9-24(10-26-20)14-6-12(21)5-13(22)7-14/h4-8H,2-3,9-10H2,1H3. The van der Waals surface area contributed by atoms with Crippen LogP contribution in [0.2, 0.25) is 15.1 Å². The number of rotatable bonds is 3. The van der Waals surface area contributed by atoms with Crippen molar-refractivity contribution >= 4 is 51.5 Å². The van der Waals surface area contributed by atoms with Crippen molar-refractivity contribution in [2.24, 2.45) is 0 Å². The predicted molar refractivity (Wildman–Crippen MR) is 110 cm³/mol. The molecule has 7 heteroatoms. The van der Waals surface area contributed by atoms with Gasteiger partial charge in [-0.05, 0) is 36.2 Å². The van der Waals surface area contributed by atoms with E-state index in [1.54, 1.807) is 6.07 Å². The minimum Gasteiger partial charge on any atom is -0.471 e. The Balaban J connectivity index is 1.87. The molecule has 0 unspecified atom stereocenters. The first-order valence-electron chi connectivity index (χ1n) is 8.58. The molecule has 1 aliphatic rings. The number of halogens is 3. The van der Waals surface area contributed by atoms with Gasteiger partial charge in [0.1, 0.15) is 11.3 Å². The van der Waals surface area contributed by atoms with Gasteiger partial charge in [0.25, 0.3) is 0 Å². The van der Waals surface area contributed by atoms with Crippen LogP contribution >= 0.6 is 34.8 Å². The van der Waals surface area contributed by atoms with Crippen LogP contribution in [0.4, 0.5) is 5.69 Å². The van der Waals surface area contributed by atoms with Gasteiger partial charge in [0.15, 0.2) is 6.73 Å². The summed E-state index contributed by atoms with van der Waals surface area (Å²) in [6, 6.07) is 8.65. The number of hydrogen-bond acceptors (Lipinski definition) is 4. The van der Waals surface area contributed by atoms with Crippen LogP contribution in [0.15, 0.2) is 39.5 Å². The fourth-order valence-corrected chi connectivity index (χ4v) is 4.21. The van der Waals surface area contributed by atoms with E-state index in [9.17, 15) is 4.79 Å². The molecule has 0 aliphatic carbocycles. The van der Waals surface area contributed by atoms with Gasteiger partial charge in [0.2, 0.25) is 0 Å². The molecule has 0 amide bonds. The van der Waals surface area contributed by atoms with Gasteiger partial charge < -0.3 is 14.1 Å². The Bertz CT molecular complexity index is 1070. The SMILES string of the molecule is CCCc1cc(=O)oc2c3c(c(Cl)cc12)OCN(c1cc(Cl)cc(Cl)c1)C3. The van der Waals surface area contributed by atoms with Gasteiger partial charge >= 0.3 is 5.63 Å². The van der Waals surface area contributed by atoms with Gasteiger partial charge in [-0.2, -0.15) is 0 Å². The van der Waals surface area contributed by atoms with Gasteiger partial charge in [-0.15, -0.1) is 0 Å². The van der Waals surface area contributed by atoms with Crippen LogP contribution in [0, 0.1) is 0 Å². The summed E-state index contributed by atoms with van der Waals surface area (Å²) in [5, 5.41) is 2.43. The Morgan fingerprint density at radius 2 is 1.81 bits per heavy atom. The van der Waals surface area contributed by atoms with Gasteiger partial charge in [-0.25, -0.2) is 4.79 Å². The van der Waals surface area contributed by atoms with Crippen LogP contribution in [-0.4, -0.2) is 6.73 Å². The van der Waals surface area contributed by atoms with E-state index in [2.05, 4.69) is 6.92 Å². The zero-order chi connectivity index (χ0) is 19.1. The minimum absolute atomic E-state index is 0.285. The molecule has 4 rings (SSSR count). The molecule has 0 saturated carbocycles. The van der Waals surface area contributed by atoms with Crippen molar-refractivity contribution in [1.29, 1.82) is 0 Å². The first-order valence-corrected chi connectivity index (χ1v) is 9.71. The van der Waals surface area contributed by atoms with Crippen molar-refractivity contribution in [3.63, 3.8) is 0 Å². The lowest BCUT2D eigenvalue weighted by Crippen LogP contribution is -2.32. The van der Waals surface area contributed by atoms with Crippen LogP contribution in [-0.2, 0) is 13.0 Å². The molecule has 0 saturated heterocycles. The maximum absolute atomic E-state index is 12.1. The number of nitrogens with zero attached hydrogens (tertiary/aromatic N) is 1. The summed E-state index contributed by atoms with van der Waals surface area (Å²) in [6.45, 7) is 2.81. The Kier molecular flexibility index (Phi) is 4.97. The van der Waals surface area contributed by atoms with Crippen molar-refractivity contribution in [2.75, 3.05) is 11.6 Å². The van der Waals surface area contributed by atoms with Crippen molar-refractivity contribution in [1.82, 2.24) is 0 Å². The monoisotopic (exact) mass is 423 g/mol. The van der Waals surface area contributed by atoms with Crippen molar-refractivity contribution in [3.8, 4) is 5.75 Å². The first kappa shape index (κ1) is 18.5. The molecule has 0 atom stereocenters. The normalized spacial score (nSPS) is 13.6. The molecular weight excluding hydrogens is 409 g/mol. The molecule has 2 heterocycles. The summed E-state index contributed by atoms with van der Waals surface area (Å²) >= 11 is 18.7. The summed E-state index contributed by atoms with van der Waals surface area (Å²) in [6.07, 6.45) is 1.68. The fraction of sp³-hybridized carbons (Fsp3) is 0.250. The molecule has 0 fully saturated rings. The molecule has 0 N–H and O–H groups in total. The van der Waals surface area contributed by atoms with Crippen LogP contribution < -0.4 is 15.3 Å². The van der Waals surface area contributed by atoms with Crippen LogP contribution in [0.25, 0.3) is 11.0 Å². The highest BCUT2D eigenvalue weighted by molar-refractivity contribution is 6.35. The average Bonchev–Trinajstić information content (AvgIpc) is 2.62. The van der Waals surface area contributed by atoms with E-state index < -0.39 is 0 Å². The molecule has 4 nitrogen and oxygen atoms in total. The Hall–Kier alpha value is -1.88. The molecule has 0 radical (unpaired) electrons. The van der Waals surface area contributed by atoms with Crippen molar-refractivity contribution in [2.45, 2.75) is 26.3 Å². The van der Waals surface area contributed by atoms with Crippen molar-refractivity contribution < 1.29 is 9.15 Å². The molecule has 140 valence electrons. The number of hydrogen-bond donors (Lipinski definition) is 0. The molecule has 0 spiro atoms. The van der Waals surface area contributed by atoms with Crippen LogP contribution in [0.5, 0.6) is 5.75 Å². The zero-order valence-corrected chi connectivity index (χ0v) is 16.8. The van der Waals surface area contributed by atoms with Gasteiger partial charge in [0.05, 0.1) is 17.1 Å². The molecular formula is C20H16Cl3NO3. The quantitative estimate of drug-likeness (QED) is 0.479. The lowest BCUT2D eigenvalue weighted by Gasteiger charge is -2.31. The van der Waals surface area contributed by atoms with E-state index in [0.29, 0.717) is 32.9 Å². The molecule has 1 aromatic heterocycles. The predicted octanol–water partition coefficient (Wildman–Crippen LogP) is 6.06. The van der Waals surface area contributed by atoms with Crippen LogP contribution in [0.3, 0.4) is 0 Å². The second-order valence-electron chi connectivity index (χ2n) is 6.48.